The minimum Gasteiger partial charge on any atom is -0.435 e. The van der Waals surface area contributed by atoms with Crippen LogP contribution in [-0.4, -0.2) is 19.9 Å². The monoisotopic (exact) mass is 247 g/mol. The van der Waals surface area contributed by atoms with Gasteiger partial charge >= 0.3 is 0 Å². The van der Waals surface area contributed by atoms with Crippen LogP contribution in [0.1, 0.15) is 30.0 Å². The second-order valence-electron chi connectivity index (χ2n) is 4.30. The van der Waals surface area contributed by atoms with Crippen molar-refractivity contribution in [3.63, 3.8) is 0 Å². The highest BCUT2D eigenvalue weighted by molar-refractivity contribution is 5.38. The van der Waals surface area contributed by atoms with Crippen molar-refractivity contribution < 1.29 is 9.84 Å². The Labute approximate surface area is 106 Å². The molecular formula is C13H17N3O2. The van der Waals surface area contributed by atoms with Gasteiger partial charge < -0.3 is 9.84 Å². The fraction of sp³-hybridized carbons (Fsp3) is 0.385. The second kappa shape index (κ2) is 4.78. The number of aromatic nitrogens is 3. The van der Waals surface area contributed by atoms with Gasteiger partial charge in [-0.05, 0) is 32.9 Å². The maximum absolute atomic E-state index is 9.69. The number of hydrogen-bond donors (Lipinski definition) is 1. The highest BCUT2D eigenvalue weighted by Crippen LogP contribution is 2.30. The summed E-state index contributed by atoms with van der Waals surface area (Å²) >= 11 is 0. The predicted molar refractivity (Wildman–Crippen MR) is 67.6 cm³/mol. The van der Waals surface area contributed by atoms with E-state index in [1.165, 1.54) is 0 Å². The summed E-state index contributed by atoms with van der Waals surface area (Å²) in [5.41, 5.74) is 2.40. The first-order chi connectivity index (χ1) is 8.50. The van der Waals surface area contributed by atoms with Crippen LogP contribution in [0.2, 0.25) is 0 Å². The molecule has 0 aliphatic heterocycles. The third-order valence-corrected chi connectivity index (χ3v) is 2.89. The van der Waals surface area contributed by atoms with Crippen LogP contribution in [0.4, 0.5) is 0 Å². The number of rotatable bonds is 3. The van der Waals surface area contributed by atoms with Crippen LogP contribution < -0.4 is 4.74 Å². The molecule has 0 spiro atoms. The summed E-state index contributed by atoms with van der Waals surface area (Å²) in [5.74, 6) is 1.12. The van der Waals surface area contributed by atoms with E-state index in [2.05, 4.69) is 10.1 Å². The molecule has 0 fully saturated rings. The van der Waals surface area contributed by atoms with E-state index in [1.807, 2.05) is 20.9 Å². The first-order valence-electron chi connectivity index (χ1n) is 5.81. The second-order valence-corrected chi connectivity index (χ2v) is 4.30. The van der Waals surface area contributed by atoms with Crippen LogP contribution in [0.25, 0.3) is 0 Å². The Balaban J connectivity index is 2.40. The Morgan fingerprint density at radius 2 is 2.11 bits per heavy atom. The van der Waals surface area contributed by atoms with Gasteiger partial charge in [0.1, 0.15) is 5.69 Å². The molecule has 2 aromatic rings. The zero-order valence-corrected chi connectivity index (χ0v) is 11.0. The average Bonchev–Trinajstić information content (AvgIpc) is 2.56. The van der Waals surface area contributed by atoms with Crippen LogP contribution >= 0.6 is 0 Å². The zero-order chi connectivity index (χ0) is 13.3. The van der Waals surface area contributed by atoms with Crippen LogP contribution in [0.5, 0.6) is 11.6 Å². The van der Waals surface area contributed by atoms with E-state index >= 15 is 0 Å². The molecule has 0 saturated heterocycles. The topological polar surface area (TPSA) is 60.2 Å². The van der Waals surface area contributed by atoms with E-state index < -0.39 is 6.10 Å². The summed E-state index contributed by atoms with van der Waals surface area (Å²) in [7, 11) is 1.86. The molecular weight excluding hydrogens is 230 g/mol. The molecule has 5 nitrogen and oxygen atoms in total. The minimum atomic E-state index is -0.619. The van der Waals surface area contributed by atoms with Gasteiger partial charge in [-0.3, -0.25) is 4.68 Å². The molecule has 0 radical (unpaired) electrons. The van der Waals surface area contributed by atoms with E-state index in [4.69, 9.17) is 4.74 Å². The zero-order valence-electron chi connectivity index (χ0n) is 11.0. The average molecular weight is 247 g/mol. The first-order valence-corrected chi connectivity index (χ1v) is 5.81. The maximum Gasteiger partial charge on any atom is 0.225 e. The van der Waals surface area contributed by atoms with Crippen molar-refractivity contribution in [2.75, 3.05) is 0 Å². The van der Waals surface area contributed by atoms with Gasteiger partial charge in [-0.15, -0.1) is 0 Å². The normalized spacial score (nSPS) is 12.5. The van der Waals surface area contributed by atoms with Crippen LogP contribution in [-0.2, 0) is 7.05 Å². The fourth-order valence-corrected chi connectivity index (χ4v) is 1.81. The number of nitrogens with zero attached hydrogens (tertiary/aromatic N) is 3. The molecule has 2 rings (SSSR count). The minimum absolute atomic E-state index is 0.423. The number of aliphatic hydroxyl groups excluding tert-OH is 1. The fourth-order valence-electron chi connectivity index (χ4n) is 1.81. The third-order valence-electron chi connectivity index (χ3n) is 2.89. The van der Waals surface area contributed by atoms with E-state index in [0.717, 1.165) is 11.4 Å². The molecule has 0 bridgehead atoms. The van der Waals surface area contributed by atoms with Gasteiger partial charge in [-0.25, -0.2) is 4.98 Å². The summed E-state index contributed by atoms with van der Waals surface area (Å²) in [6.07, 6.45) is 1.02. The lowest BCUT2D eigenvalue weighted by Crippen LogP contribution is -1.99. The van der Waals surface area contributed by atoms with Crippen LogP contribution in [0.15, 0.2) is 18.3 Å². The highest BCUT2D eigenvalue weighted by Gasteiger charge is 2.16. The lowest BCUT2D eigenvalue weighted by atomic mass is 10.2. The van der Waals surface area contributed by atoms with E-state index in [1.54, 1.807) is 29.9 Å². The van der Waals surface area contributed by atoms with Crippen molar-refractivity contribution in [1.29, 1.82) is 0 Å². The van der Waals surface area contributed by atoms with Crippen molar-refractivity contribution in [2.24, 2.45) is 7.05 Å². The molecule has 0 amide bonds. The molecule has 0 aliphatic rings. The van der Waals surface area contributed by atoms with Gasteiger partial charge in [0, 0.05) is 18.8 Å². The quantitative estimate of drug-likeness (QED) is 0.904. The Hall–Kier alpha value is -1.88. The molecule has 1 unspecified atom stereocenters. The van der Waals surface area contributed by atoms with Gasteiger partial charge in [0.05, 0.1) is 11.8 Å². The summed E-state index contributed by atoms with van der Waals surface area (Å²) < 4.78 is 7.56. The number of aryl methyl sites for hydroxylation is 2. The van der Waals surface area contributed by atoms with Crippen molar-refractivity contribution in [1.82, 2.24) is 14.8 Å². The lowest BCUT2D eigenvalue weighted by Gasteiger charge is -2.11. The number of aliphatic hydroxyl groups is 1. The molecule has 1 atom stereocenters. The predicted octanol–water partition coefficient (Wildman–Crippen LogP) is 2.28. The van der Waals surface area contributed by atoms with Gasteiger partial charge in [0.25, 0.3) is 0 Å². The summed E-state index contributed by atoms with van der Waals surface area (Å²) in [6, 6.07) is 3.58. The van der Waals surface area contributed by atoms with Crippen molar-refractivity contribution >= 4 is 0 Å². The SMILES string of the molecule is Cc1nn(C)c(C)c1Oc1ncccc1C(C)O. The highest BCUT2D eigenvalue weighted by atomic mass is 16.5. The van der Waals surface area contributed by atoms with Crippen LogP contribution in [0, 0.1) is 13.8 Å². The Morgan fingerprint density at radius 3 is 2.67 bits per heavy atom. The Morgan fingerprint density at radius 1 is 1.39 bits per heavy atom. The largest absolute Gasteiger partial charge is 0.435 e. The third kappa shape index (κ3) is 2.22. The summed E-state index contributed by atoms with van der Waals surface area (Å²) in [6.45, 7) is 5.50. The molecule has 96 valence electrons. The van der Waals surface area contributed by atoms with Gasteiger partial charge in [-0.2, -0.15) is 5.10 Å². The molecule has 0 aliphatic carbocycles. The smallest absolute Gasteiger partial charge is 0.225 e. The standard InChI is InChI=1S/C13H17N3O2/c1-8-12(9(2)16(4)15-8)18-13-11(10(3)17)6-5-7-14-13/h5-7,10,17H,1-4H3. The molecule has 18 heavy (non-hydrogen) atoms. The van der Waals surface area contributed by atoms with Gasteiger partial charge in [0.2, 0.25) is 5.88 Å². The first kappa shape index (κ1) is 12.6. The number of ether oxygens (including phenoxy) is 1. The van der Waals surface area contributed by atoms with E-state index in [0.29, 0.717) is 17.2 Å². The van der Waals surface area contributed by atoms with E-state index in [9.17, 15) is 5.11 Å². The van der Waals surface area contributed by atoms with Gasteiger partial charge in [-0.1, -0.05) is 0 Å². The van der Waals surface area contributed by atoms with Crippen LogP contribution in [0.3, 0.4) is 0 Å². The molecule has 2 heterocycles. The Bertz CT molecular complexity index is 561. The maximum atomic E-state index is 9.69. The molecule has 5 heteroatoms. The van der Waals surface area contributed by atoms with Crippen molar-refractivity contribution in [3.8, 4) is 11.6 Å². The molecule has 1 N–H and O–H groups in total. The summed E-state index contributed by atoms with van der Waals surface area (Å²) in [5, 5.41) is 14.0. The van der Waals surface area contributed by atoms with Gasteiger partial charge in [0.15, 0.2) is 5.75 Å². The van der Waals surface area contributed by atoms with E-state index in [-0.39, 0.29) is 0 Å². The Kier molecular flexibility index (Phi) is 3.34. The molecule has 0 aromatic carbocycles. The number of pyridine rings is 1. The van der Waals surface area contributed by atoms with Crippen molar-refractivity contribution in [3.05, 3.63) is 35.3 Å². The molecule has 0 saturated carbocycles. The summed E-state index contributed by atoms with van der Waals surface area (Å²) in [4.78, 5) is 4.17. The molecule has 2 aromatic heterocycles. The van der Waals surface area contributed by atoms with Crippen molar-refractivity contribution in [2.45, 2.75) is 26.9 Å². The lowest BCUT2D eigenvalue weighted by molar-refractivity contribution is 0.194. The number of hydrogen-bond acceptors (Lipinski definition) is 4.